The number of aryl methyl sites for hydroxylation is 1. The van der Waals surface area contributed by atoms with Crippen LogP contribution in [0.5, 0.6) is 0 Å². The summed E-state index contributed by atoms with van der Waals surface area (Å²) in [6.07, 6.45) is -0.0606. The van der Waals surface area contributed by atoms with Crippen molar-refractivity contribution < 1.29 is 9.66 Å². The van der Waals surface area contributed by atoms with Gasteiger partial charge in [0.15, 0.2) is 0 Å². The van der Waals surface area contributed by atoms with Gasteiger partial charge >= 0.3 is 0 Å². The number of rotatable bonds is 3. The molecule has 0 saturated carbocycles. The van der Waals surface area contributed by atoms with Crippen LogP contribution in [0, 0.1) is 17.0 Å². The molecule has 1 aliphatic heterocycles. The number of nitro benzene ring substituents is 1. The van der Waals surface area contributed by atoms with E-state index in [4.69, 9.17) is 4.74 Å². The zero-order chi connectivity index (χ0) is 15.7. The summed E-state index contributed by atoms with van der Waals surface area (Å²) in [5, 5.41) is 13.8. The number of nitro groups is 1. The smallest absolute Gasteiger partial charge is 0.270 e. The Kier molecular flexibility index (Phi) is 4.42. The van der Waals surface area contributed by atoms with Crippen LogP contribution < -0.4 is 4.90 Å². The van der Waals surface area contributed by atoms with Crippen LogP contribution in [0.3, 0.4) is 0 Å². The Hall–Kier alpha value is -1.51. The van der Waals surface area contributed by atoms with Crippen molar-refractivity contribution in [2.24, 2.45) is 0 Å². The van der Waals surface area contributed by atoms with Crippen LogP contribution in [-0.4, -0.2) is 29.6 Å². The first-order chi connectivity index (χ1) is 10.5. The van der Waals surface area contributed by atoms with Crippen LogP contribution in [0.4, 0.5) is 11.4 Å². The topological polar surface area (TPSA) is 68.5 Å². The second-order valence-corrected chi connectivity index (χ2v) is 6.77. The number of morpholine rings is 1. The second-order valence-electron chi connectivity index (χ2n) is 5.03. The van der Waals surface area contributed by atoms with Crippen molar-refractivity contribution in [1.29, 1.82) is 0 Å². The SMILES string of the molecule is Cc1csc([C@@H]2CN(c3ccc([N+](=O)[O-])cc3Br)CCO2)n1. The monoisotopic (exact) mass is 383 g/mol. The summed E-state index contributed by atoms with van der Waals surface area (Å²) in [5.41, 5.74) is 2.01. The van der Waals surface area contributed by atoms with Gasteiger partial charge in [0.05, 0.1) is 23.8 Å². The van der Waals surface area contributed by atoms with Gasteiger partial charge in [-0.15, -0.1) is 11.3 Å². The van der Waals surface area contributed by atoms with E-state index in [-0.39, 0.29) is 11.8 Å². The molecule has 1 aliphatic rings. The molecule has 6 nitrogen and oxygen atoms in total. The van der Waals surface area contributed by atoms with E-state index < -0.39 is 4.92 Å². The molecular formula is C14H14BrN3O3S. The molecule has 22 heavy (non-hydrogen) atoms. The van der Waals surface area contributed by atoms with E-state index in [2.05, 4.69) is 25.8 Å². The molecule has 0 unspecified atom stereocenters. The number of non-ortho nitro benzene ring substituents is 1. The van der Waals surface area contributed by atoms with E-state index in [1.165, 1.54) is 12.1 Å². The predicted octanol–water partition coefficient (Wildman–Crippen LogP) is 3.70. The quantitative estimate of drug-likeness (QED) is 0.596. The van der Waals surface area contributed by atoms with Gasteiger partial charge < -0.3 is 9.64 Å². The highest BCUT2D eigenvalue weighted by atomic mass is 79.9. The van der Waals surface area contributed by atoms with E-state index in [0.29, 0.717) is 13.2 Å². The maximum atomic E-state index is 10.8. The molecule has 1 aromatic heterocycles. The average Bonchev–Trinajstić information content (AvgIpc) is 2.94. The number of nitrogens with zero attached hydrogens (tertiary/aromatic N) is 3. The maximum absolute atomic E-state index is 10.8. The molecule has 1 saturated heterocycles. The Morgan fingerprint density at radius 3 is 3.00 bits per heavy atom. The summed E-state index contributed by atoms with van der Waals surface area (Å²) in [6, 6.07) is 4.84. The van der Waals surface area contributed by atoms with Crippen molar-refractivity contribution in [3.63, 3.8) is 0 Å². The van der Waals surface area contributed by atoms with Crippen LogP contribution in [0.25, 0.3) is 0 Å². The fraction of sp³-hybridized carbons (Fsp3) is 0.357. The number of hydrogen-bond donors (Lipinski definition) is 0. The number of ether oxygens (including phenoxy) is 1. The van der Waals surface area contributed by atoms with Crippen molar-refractivity contribution >= 4 is 38.6 Å². The minimum absolute atomic E-state index is 0.0606. The molecule has 1 atom stereocenters. The maximum Gasteiger partial charge on any atom is 0.270 e. The summed E-state index contributed by atoms with van der Waals surface area (Å²) in [7, 11) is 0. The number of halogens is 1. The number of thiazole rings is 1. The summed E-state index contributed by atoms with van der Waals surface area (Å²) in [6.45, 7) is 4.00. The van der Waals surface area contributed by atoms with Crippen LogP contribution in [0.1, 0.15) is 16.8 Å². The molecule has 1 aromatic carbocycles. The van der Waals surface area contributed by atoms with E-state index in [0.717, 1.165) is 27.4 Å². The number of aromatic nitrogens is 1. The van der Waals surface area contributed by atoms with E-state index in [1.807, 2.05) is 12.3 Å². The first kappa shape index (κ1) is 15.4. The van der Waals surface area contributed by atoms with Gasteiger partial charge in [-0.1, -0.05) is 0 Å². The van der Waals surface area contributed by atoms with Crippen molar-refractivity contribution in [2.45, 2.75) is 13.0 Å². The third kappa shape index (κ3) is 3.13. The van der Waals surface area contributed by atoms with E-state index in [9.17, 15) is 10.1 Å². The molecule has 0 spiro atoms. The summed E-state index contributed by atoms with van der Waals surface area (Å²) < 4.78 is 6.53. The molecule has 3 rings (SSSR count). The summed E-state index contributed by atoms with van der Waals surface area (Å²) in [4.78, 5) is 17.1. The van der Waals surface area contributed by atoms with Crippen LogP contribution >= 0.6 is 27.3 Å². The lowest BCUT2D eigenvalue weighted by Crippen LogP contribution is -2.38. The van der Waals surface area contributed by atoms with Gasteiger partial charge in [-0.3, -0.25) is 10.1 Å². The predicted molar refractivity (Wildman–Crippen MR) is 88.6 cm³/mol. The van der Waals surface area contributed by atoms with Crippen molar-refractivity contribution in [3.05, 3.63) is 48.9 Å². The Morgan fingerprint density at radius 2 is 2.36 bits per heavy atom. The third-order valence-electron chi connectivity index (χ3n) is 3.46. The Bertz CT molecular complexity index is 706. The molecule has 8 heteroatoms. The van der Waals surface area contributed by atoms with Crippen molar-refractivity contribution in [1.82, 2.24) is 4.98 Å². The Balaban J connectivity index is 1.81. The van der Waals surface area contributed by atoms with Gasteiger partial charge in [0.2, 0.25) is 0 Å². The number of anilines is 1. The lowest BCUT2D eigenvalue weighted by molar-refractivity contribution is -0.384. The normalized spacial score (nSPS) is 18.5. The highest BCUT2D eigenvalue weighted by Gasteiger charge is 2.26. The minimum atomic E-state index is -0.394. The average molecular weight is 384 g/mol. The fourth-order valence-corrected chi connectivity index (χ4v) is 3.86. The van der Waals surface area contributed by atoms with Gasteiger partial charge in [0.1, 0.15) is 11.1 Å². The molecular weight excluding hydrogens is 370 g/mol. The zero-order valence-corrected chi connectivity index (χ0v) is 14.3. The summed E-state index contributed by atoms with van der Waals surface area (Å²) >= 11 is 5.03. The molecule has 0 amide bonds. The standard InChI is InChI=1S/C14H14BrN3O3S/c1-9-8-22-14(16-9)13-7-17(4-5-21-13)12-3-2-10(18(19)20)6-11(12)15/h2-3,6,8,13H,4-5,7H2,1H3/t13-/m0/s1. The highest BCUT2D eigenvalue weighted by molar-refractivity contribution is 9.10. The van der Waals surface area contributed by atoms with Crippen molar-refractivity contribution in [3.8, 4) is 0 Å². The van der Waals surface area contributed by atoms with Gasteiger partial charge in [-0.2, -0.15) is 0 Å². The molecule has 0 N–H and O–H groups in total. The largest absolute Gasteiger partial charge is 0.367 e. The number of hydrogen-bond acceptors (Lipinski definition) is 6. The van der Waals surface area contributed by atoms with E-state index >= 15 is 0 Å². The van der Waals surface area contributed by atoms with Gasteiger partial charge in [0.25, 0.3) is 5.69 Å². The van der Waals surface area contributed by atoms with Gasteiger partial charge in [-0.25, -0.2) is 4.98 Å². The minimum Gasteiger partial charge on any atom is -0.367 e. The Labute approximate surface area is 140 Å². The lowest BCUT2D eigenvalue weighted by Gasteiger charge is -2.34. The first-order valence-corrected chi connectivity index (χ1v) is 8.44. The molecule has 0 aliphatic carbocycles. The first-order valence-electron chi connectivity index (χ1n) is 6.77. The van der Waals surface area contributed by atoms with Crippen LogP contribution in [0.2, 0.25) is 0 Å². The van der Waals surface area contributed by atoms with Crippen LogP contribution in [-0.2, 0) is 4.74 Å². The second kappa shape index (κ2) is 6.31. The molecule has 2 heterocycles. The molecule has 0 bridgehead atoms. The third-order valence-corrected chi connectivity index (χ3v) is 5.15. The molecule has 2 aromatic rings. The number of benzene rings is 1. The Morgan fingerprint density at radius 1 is 1.55 bits per heavy atom. The van der Waals surface area contributed by atoms with E-state index in [1.54, 1.807) is 17.4 Å². The molecule has 1 fully saturated rings. The van der Waals surface area contributed by atoms with Crippen molar-refractivity contribution in [2.75, 3.05) is 24.6 Å². The fourth-order valence-electron chi connectivity index (χ4n) is 2.40. The zero-order valence-electron chi connectivity index (χ0n) is 11.9. The van der Waals surface area contributed by atoms with Gasteiger partial charge in [-0.05, 0) is 28.9 Å². The molecule has 0 radical (unpaired) electrons. The summed E-state index contributed by atoms with van der Waals surface area (Å²) in [5.74, 6) is 0. The van der Waals surface area contributed by atoms with Gasteiger partial charge in [0, 0.05) is 34.2 Å². The lowest BCUT2D eigenvalue weighted by atomic mass is 10.2. The van der Waals surface area contributed by atoms with Crippen LogP contribution in [0.15, 0.2) is 28.1 Å². The molecule has 116 valence electrons. The highest BCUT2D eigenvalue weighted by Crippen LogP contribution is 2.34.